The van der Waals surface area contributed by atoms with Gasteiger partial charge in [-0.3, -0.25) is 9.36 Å². The molecule has 4 nitrogen and oxygen atoms in total. The zero-order chi connectivity index (χ0) is 19.7. The highest BCUT2D eigenvalue weighted by Gasteiger charge is 2.19. The lowest BCUT2D eigenvalue weighted by molar-refractivity contribution is 0.687. The molecule has 28 heavy (non-hydrogen) atoms. The number of hydrogen-bond donors (Lipinski definition) is 0. The summed E-state index contributed by atoms with van der Waals surface area (Å²) in [6.45, 7) is 4.46. The van der Waals surface area contributed by atoms with Crippen LogP contribution < -0.4 is 5.56 Å². The van der Waals surface area contributed by atoms with Gasteiger partial charge in [-0.25, -0.2) is 4.98 Å². The molecular formula is C23H19N3OS. The van der Waals surface area contributed by atoms with E-state index in [1.54, 1.807) is 22.0 Å². The van der Waals surface area contributed by atoms with E-state index in [2.05, 4.69) is 6.07 Å². The van der Waals surface area contributed by atoms with Gasteiger partial charge in [0, 0.05) is 16.9 Å². The van der Waals surface area contributed by atoms with Crippen LogP contribution in [0.2, 0.25) is 0 Å². The number of benzene rings is 2. The van der Waals surface area contributed by atoms with Gasteiger partial charge in [0.25, 0.3) is 5.56 Å². The molecular weight excluding hydrogens is 366 g/mol. The van der Waals surface area contributed by atoms with E-state index < -0.39 is 0 Å². The van der Waals surface area contributed by atoms with Crippen molar-refractivity contribution in [2.45, 2.75) is 26.8 Å². The molecule has 4 aromatic rings. The third-order valence-electron chi connectivity index (χ3n) is 4.84. The summed E-state index contributed by atoms with van der Waals surface area (Å²) in [7, 11) is 0. The van der Waals surface area contributed by atoms with Crippen molar-refractivity contribution in [2.24, 2.45) is 0 Å². The average Bonchev–Trinajstić information content (AvgIpc) is 3.06. The second-order valence-corrected chi connectivity index (χ2v) is 7.87. The third-order valence-corrected chi connectivity index (χ3v) is 5.84. The summed E-state index contributed by atoms with van der Waals surface area (Å²) in [5.74, 6) is 0.765. The van der Waals surface area contributed by atoms with Gasteiger partial charge in [0.05, 0.1) is 23.6 Å². The first-order chi connectivity index (χ1) is 13.6. The standard InChI is InChI=1S/C23H19N3OS/c1-3-19-25-22-21(20(15(2)28-22)18-10-5-4-6-11-18)23(27)26(19)14-17-9-7-8-16(12-17)13-24/h4-12H,3,14H2,1-2H3. The third kappa shape index (κ3) is 3.12. The minimum atomic E-state index is -0.0209. The van der Waals surface area contributed by atoms with E-state index in [1.807, 2.05) is 62.4 Å². The second-order valence-electron chi connectivity index (χ2n) is 6.66. The van der Waals surface area contributed by atoms with Crippen LogP contribution >= 0.6 is 11.3 Å². The molecule has 0 radical (unpaired) electrons. The number of hydrogen-bond acceptors (Lipinski definition) is 4. The predicted molar refractivity (Wildman–Crippen MR) is 114 cm³/mol. The lowest BCUT2D eigenvalue weighted by atomic mass is 10.0. The maximum Gasteiger partial charge on any atom is 0.263 e. The van der Waals surface area contributed by atoms with E-state index >= 15 is 0 Å². The van der Waals surface area contributed by atoms with E-state index in [0.29, 0.717) is 23.9 Å². The second kappa shape index (κ2) is 7.41. The van der Waals surface area contributed by atoms with E-state index in [-0.39, 0.29) is 5.56 Å². The first-order valence-electron chi connectivity index (χ1n) is 9.19. The van der Waals surface area contributed by atoms with Crippen LogP contribution in [0.15, 0.2) is 59.4 Å². The Morgan fingerprint density at radius 1 is 1.14 bits per heavy atom. The largest absolute Gasteiger partial charge is 0.292 e. The summed E-state index contributed by atoms with van der Waals surface area (Å²) in [4.78, 5) is 20.2. The van der Waals surface area contributed by atoms with Gasteiger partial charge in [0.1, 0.15) is 10.7 Å². The highest BCUT2D eigenvalue weighted by atomic mass is 32.1. The van der Waals surface area contributed by atoms with Crippen molar-refractivity contribution in [1.29, 1.82) is 5.26 Å². The van der Waals surface area contributed by atoms with Crippen LogP contribution in [-0.2, 0) is 13.0 Å². The molecule has 5 heteroatoms. The molecule has 0 fully saturated rings. The van der Waals surface area contributed by atoms with E-state index in [0.717, 1.165) is 32.2 Å². The number of nitrogens with zero attached hydrogens (tertiary/aromatic N) is 3. The Balaban J connectivity index is 1.95. The van der Waals surface area contributed by atoms with Crippen molar-refractivity contribution in [1.82, 2.24) is 9.55 Å². The zero-order valence-corrected chi connectivity index (χ0v) is 16.6. The first kappa shape index (κ1) is 18.1. The Labute approximate surface area is 167 Å². The molecule has 2 aromatic carbocycles. The van der Waals surface area contributed by atoms with Gasteiger partial charge >= 0.3 is 0 Å². The molecule has 0 spiro atoms. The summed E-state index contributed by atoms with van der Waals surface area (Å²) < 4.78 is 1.75. The Morgan fingerprint density at radius 2 is 1.93 bits per heavy atom. The van der Waals surface area contributed by atoms with Crippen LogP contribution in [-0.4, -0.2) is 9.55 Å². The van der Waals surface area contributed by atoms with Gasteiger partial charge < -0.3 is 0 Å². The van der Waals surface area contributed by atoms with Crippen LogP contribution in [0.25, 0.3) is 21.3 Å². The van der Waals surface area contributed by atoms with Crippen LogP contribution in [0.4, 0.5) is 0 Å². The molecule has 4 rings (SSSR count). The van der Waals surface area contributed by atoms with E-state index in [4.69, 9.17) is 10.2 Å². The normalized spacial score (nSPS) is 10.9. The van der Waals surface area contributed by atoms with Crippen LogP contribution in [0.3, 0.4) is 0 Å². The van der Waals surface area contributed by atoms with Crippen LogP contribution in [0, 0.1) is 18.3 Å². The van der Waals surface area contributed by atoms with Crippen LogP contribution in [0.5, 0.6) is 0 Å². The van der Waals surface area contributed by atoms with Crippen molar-refractivity contribution in [3.63, 3.8) is 0 Å². The Bertz CT molecular complexity index is 1260. The molecule has 2 heterocycles. The summed E-state index contributed by atoms with van der Waals surface area (Å²) in [6.07, 6.45) is 0.667. The number of fused-ring (bicyclic) bond motifs is 1. The van der Waals surface area contributed by atoms with E-state index in [9.17, 15) is 4.79 Å². The van der Waals surface area contributed by atoms with Crippen molar-refractivity contribution >= 4 is 21.6 Å². The minimum Gasteiger partial charge on any atom is -0.292 e. The molecule has 2 aromatic heterocycles. The van der Waals surface area contributed by atoms with Gasteiger partial charge in [-0.2, -0.15) is 5.26 Å². The summed E-state index contributed by atoms with van der Waals surface area (Å²) in [5, 5.41) is 9.84. The number of nitriles is 1. The Hall–Kier alpha value is -3.23. The van der Waals surface area contributed by atoms with Crippen molar-refractivity contribution in [3.8, 4) is 17.2 Å². The fraction of sp³-hybridized carbons (Fsp3) is 0.174. The van der Waals surface area contributed by atoms with Crippen LogP contribution in [0.1, 0.15) is 28.8 Å². The highest BCUT2D eigenvalue weighted by Crippen LogP contribution is 2.35. The fourth-order valence-corrected chi connectivity index (χ4v) is 4.60. The zero-order valence-electron chi connectivity index (χ0n) is 15.8. The molecule has 0 atom stereocenters. The highest BCUT2D eigenvalue weighted by molar-refractivity contribution is 7.19. The van der Waals surface area contributed by atoms with E-state index in [1.165, 1.54) is 0 Å². The number of aryl methyl sites for hydroxylation is 2. The SMILES string of the molecule is CCc1nc2sc(C)c(-c3ccccc3)c2c(=O)n1Cc1cccc(C#N)c1. The quantitative estimate of drug-likeness (QED) is 0.501. The Morgan fingerprint density at radius 3 is 2.64 bits per heavy atom. The lowest BCUT2D eigenvalue weighted by Gasteiger charge is -2.12. The molecule has 0 saturated carbocycles. The van der Waals surface area contributed by atoms with Gasteiger partial charge in [0.15, 0.2) is 0 Å². The summed E-state index contributed by atoms with van der Waals surface area (Å²) >= 11 is 1.57. The number of thiophene rings is 1. The predicted octanol–water partition coefficient (Wildman–Crippen LogP) is 4.92. The van der Waals surface area contributed by atoms with Crippen molar-refractivity contribution in [3.05, 3.63) is 86.8 Å². The van der Waals surface area contributed by atoms with Crippen molar-refractivity contribution in [2.75, 3.05) is 0 Å². The molecule has 0 N–H and O–H groups in total. The molecule has 0 amide bonds. The number of rotatable bonds is 4. The molecule has 0 unspecified atom stereocenters. The molecule has 0 aliphatic carbocycles. The topological polar surface area (TPSA) is 58.7 Å². The molecule has 0 saturated heterocycles. The van der Waals surface area contributed by atoms with Gasteiger partial charge in [-0.1, -0.05) is 49.4 Å². The van der Waals surface area contributed by atoms with Gasteiger partial charge in [0.2, 0.25) is 0 Å². The maximum atomic E-state index is 13.5. The molecule has 138 valence electrons. The summed E-state index contributed by atoms with van der Waals surface area (Å²) in [5.41, 5.74) is 3.50. The molecule has 0 bridgehead atoms. The van der Waals surface area contributed by atoms with Gasteiger partial charge in [-0.15, -0.1) is 11.3 Å². The number of aromatic nitrogens is 2. The molecule has 0 aliphatic rings. The average molecular weight is 385 g/mol. The first-order valence-corrected chi connectivity index (χ1v) is 10.0. The monoisotopic (exact) mass is 385 g/mol. The minimum absolute atomic E-state index is 0.0209. The smallest absolute Gasteiger partial charge is 0.263 e. The molecule has 0 aliphatic heterocycles. The maximum absolute atomic E-state index is 13.5. The fourth-order valence-electron chi connectivity index (χ4n) is 3.54. The Kier molecular flexibility index (Phi) is 4.81. The van der Waals surface area contributed by atoms with Crippen molar-refractivity contribution < 1.29 is 0 Å². The summed E-state index contributed by atoms with van der Waals surface area (Å²) in [6, 6.07) is 19.5. The van der Waals surface area contributed by atoms with Gasteiger partial charge in [-0.05, 0) is 30.2 Å². The lowest BCUT2D eigenvalue weighted by Crippen LogP contribution is -2.25.